The number of rotatable bonds is 5. The highest BCUT2D eigenvalue weighted by Crippen LogP contribution is 2.34. The van der Waals surface area contributed by atoms with Gasteiger partial charge in [-0.25, -0.2) is 0 Å². The van der Waals surface area contributed by atoms with E-state index in [1.54, 1.807) is 24.3 Å². The highest BCUT2D eigenvalue weighted by Gasteiger charge is 2.21. The van der Waals surface area contributed by atoms with E-state index in [4.69, 9.17) is 28.9 Å². The number of nitrogens with zero attached hydrogens (tertiary/aromatic N) is 4. The third-order valence-corrected chi connectivity index (χ3v) is 4.20. The molecule has 2 aromatic rings. The Kier molecular flexibility index (Phi) is 5.47. The number of hydrogen-bond donors (Lipinski definition) is 3. The predicted octanol–water partition coefficient (Wildman–Crippen LogP) is 4.13. The molecule has 2 atom stereocenters. The Bertz CT molecular complexity index is 809. The molecule has 25 heavy (non-hydrogen) atoms. The zero-order valence-corrected chi connectivity index (χ0v) is 14.6. The number of nitrogens with two attached hydrogens (primary N) is 1. The Morgan fingerprint density at radius 1 is 1.16 bits per heavy atom. The van der Waals surface area contributed by atoms with Crippen molar-refractivity contribution in [1.82, 2.24) is 9.97 Å². The zero-order valence-electron chi connectivity index (χ0n) is 13.1. The quantitative estimate of drug-likeness (QED) is 0.411. The van der Waals surface area contributed by atoms with Gasteiger partial charge in [-0.1, -0.05) is 35.4 Å². The van der Waals surface area contributed by atoms with Gasteiger partial charge in [0, 0.05) is 23.6 Å². The molecule has 0 bridgehead atoms. The molecule has 0 saturated heterocycles. The Balaban J connectivity index is 1.85. The highest BCUT2D eigenvalue weighted by atomic mass is 35.5. The van der Waals surface area contributed by atoms with Crippen LogP contribution in [0.4, 0.5) is 23.1 Å². The highest BCUT2D eigenvalue weighted by molar-refractivity contribution is 6.32. The first-order valence-corrected chi connectivity index (χ1v) is 8.37. The maximum atomic E-state index is 9.23. The number of nitrogens with one attached hydrogen (secondary N) is 1. The average Bonchev–Trinajstić information content (AvgIpc) is 3.03. The lowest BCUT2D eigenvalue weighted by Gasteiger charge is -2.15. The van der Waals surface area contributed by atoms with E-state index in [0.717, 1.165) is 6.42 Å². The second-order valence-electron chi connectivity index (χ2n) is 5.56. The van der Waals surface area contributed by atoms with Gasteiger partial charge in [-0.15, -0.1) is 5.11 Å². The summed E-state index contributed by atoms with van der Waals surface area (Å²) in [5, 5.41) is 21.5. The molecule has 1 aromatic heterocycles. The van der Waals surface area contributed by atoms with E-state index in [-0.39, 0.29) is 29.7 Å². The van der Waals surface area contributed by atoms with E-state index < -0.39 is 0 Å². The van der Waals surface area contributed by atoms with Crippen molar-refractivity contribution in [3.05, 3.63) is 46.6 Å². The summed E-state index contributed by atoms with van der Waals surface area (Å²) in [5.74, 6) is 0.549. The molecule has 0 fully saturated rings. The van der Waals surface area contributed by atoms with Crippen LogP contribution in [0.25, 0.3) is 0 Å². The minimum atomic E-state index is -0.00741. The topological polar surface area (TPSA) is 109 Å². The Hall–Kier alpha value is -2.22. The lowest BCUT2D eigenvalue weighted by Crippen LogP contribution is -2.18. The predicted molar refractivity (Wildman–Crippen MR) is 98.8 cm³/mol. The summed E-state index contributed by atoms with van der Waals surface area (Å²) < 4.78 is 0. The van der Waals surface area contributed by atoms with Crippen LogP contribution < -0.4 is 11.1 Å². The molecule has 0 unspecified atom stereocenters. The number of aromatic nitrogens is 2. The Morgan fingerprint density at radius 2 is 1.92 bits per heavy atom. The van der Waals surface area contributed by atoms with Crippen LogP contribution in [0.3, 0.4) is 0 Å². The number of anilines is 2. The Morgan fingerprint density at radius 3 is 2.60 bits per heavy atom. The third kappa shape index (κ3) is 4.45. The molecule has 1 heterocycles. The van der Waals surface area contributed by atoms with Crippen molar-refractivity contribution in [3.8, 4) is 0 Å². The smallest absolute Gasteiger partial charge is 0.223 e. The molecule has 1 aromatic carbocycles. The van der Waals surface area contributed by atoms with Gasteiger partial charge in [-0.3, -0.25) is 0 Å². The van der Waals surface area contributed by atoms with Gasteiger partial charge >= 0.3 is 0 Å². The second kappa shape index (κ2) is 7.77. The maximum Gasteiger partial charge on any atom is 0.223 e. The standard InChI is InChI=1S/C16H16Cl2N6O/c17-10-2-5-11(6-3-10)23-24-13-14(18)21-16(19)22-15(13)20-12-4-1-9(7-12)8-25/h1-6,9,12,25H,7-8H2,(H3,19,20,21,22)/t9-,12+/m1/s1. The lowest BCUT2D eigenvalue weighted by atomic mass is 10.1. The van der Waals surface area contributed by atoms with Gasteiger partial charge < -0.3 is 16.2 Å². The first kappa shape index (κ1) is 17.6. The summed E-state index contributed by atoms with van der Waals surface area (Å²) >= 11 is 12.0. The molecule has 7 nitrogen and oxygen atoms in total. The Labute approximate surface area is 154 Å². The van der Waals surface area contributed by atoms with Crippen LogP contribution in [-0.4, -0.2) is 27.7 Å². The van der Waals surface area contributed by atoms with E-state index in [2.05, 4.69) is 25.5 Å². The van der Waals surface area contributed by atoms with E-state index >= 15 is 0 Å². The molecule has 4 N–H and O–H groups in total. The molecule has 9 heteroatoms. The van der Waals surface area contributed by atoms with Gasteiger partial charge in [0.1, 0.15) is 0 Å². The summed E-state index contributed by atoms with van der Waals surface area (Å²) in [6.07, 6.45) is 4.66. The third-order valence-electron chi connectivity index (χ3n) is 3.68. The van der Waals surface area contributed by atoms with Crippen LogP contribution in [0.5, 0.6) is 0 Å². The zero-order chi connectivity index (χ0) is 17.8. The molecule has 130 valence electrons. The van der Waals surface area contributed by atoms with Crippen molar-refractivity contribution < 1.29 is 5.11 Å². The summed E-state index contributed by atoms with van der Waals surface area (Å²) in [6, 6.07) is 6.89. The SMILES string of the molecule is Nc1nc(Cl)c(N=Nc2ccc(Cl)cc2)c(N[C@H]2C=C[C@@H](CO)C2)n1. The van der Waals surface area contributed by atoms with Crippen molar-refractivity contribution in [3.63, 3.8) is 0 Å². The molecular formula is C16H16Cl2N6O. The fraction of sp³-hybridized carbons (Fsp3) is 0.250. The van der Waals surface area contributed by atoms with Crippen LogP contribution >= 0.6 is 23.2 Å². The van der Waals surface area contributed by atoms with Crippen LogP contribution in [0.1, 0.15) is 6.42 Å². The molecule has 0 saturated carbocycles. The van der Waals surface area contributed by atoms with Crippen molar-refractivity contribution >= 4 is 46.3 Å². The number of azo groups is 1. The van der Waals surface area contributed by atoms with Crippen molar-refractivity contribution in [2.75, 3.05) is 17.7 Å². The largest absolute Gasteiger partial charge is 0.396 e. The number of hydrogen-bond acceptors (Lipinski definition) is 7. The fourth-order valence-corrected chi connectivity index (χ4v) is 2.78. The summed E-state index contributed by atoms with van der Waals surface area (Å²) in [7, 11) is 0. The molecule has 0 amide bonds. The number of aliphatic hydroxyl groups is 1. The van der Waals surface area contributed by atoms with Crippen molar-refractivity contribution in [1.29, 1.82) is 0 Å². The van der Waals surface area contributed by atoms with Gasteiger partial charge in [0.25, 0.3) is 0 Å². The lowest BCUT2D eigenvalue weighted by molar-refractivity contribution is 0.250. The van der Waals surface area contributed by atoms with Gasteiger partial charge in [-0.2, -0.15) is 15.1 Å². The van der Waals surface area contributed by atoms with Crippen LogP contribution in [-0.2, 0) is 0 Å². The molecule has 1 aliphatic rings. The molecular weight excluding hydrogens is 363 g/mol. The normalized spacial score (nSPS) is 19.6. The van der Waals surface area contributed by atoms with Crippen molar-refractivity contribution in [2.45, 2.75) is 12.5 Å². The summed E-state index contributed by atoms with van der Waals surface area (Å²) in [5.41, 5.74) is 6.60. The second-order valence-corrected chi connectivity index (χ2v) is 6.35. The van der Waals surface area contributed by atoms with Crippen LogP contribution in [0.2, 0.25) is 10.2 Å². The number of aliphatic hydroxyl groups excluding tert-OH is 1. The van der Waals surface area contributed by atoms with Crippen LogP contribution in [0.15, 0.2) is 46.6 Å². The molecule has 0 radical (unpaired) electrons. The summed E-state index contributed by atoms with van der Waals surface area (Å²) in [4.78, 5) is 8.10. The van der Waals surface area contributed by atoms with Gasteiger partial charge in [0.2, 0.25) is 5.95 Å². The van der Waals surface area contributed by atoms with E-state index in [0.29, 0.717) is 22.2 Å². The number of halogens is 2. The number of nitrogen functional groups attached to an aromatic ring is 1. The molecule has 0 spiro atoms. The minimum absolute atomic E-state index is 0.00741. The van der Waals surface area contributed by atoms with Gasteiger partial charge in [0.15, 0.2) is 16.7 Å². The summed E-state index contributed by atoms with van der Waals surface area (Å²) in [6.45, 7) is 0.102. The first-order valence-electron chi connectivity index (χ1n) is 7.61. The first-order chi connectivity index (χ1) is 12.0. The number of benzene rings is 1. The van der Waals surface area contributed by atoms with E-state index in [1.165, 1.54) is 0 Å². The molecule has 0 aliphatic heterocycles. The fourth-order valence-electron chi connectivity index (χ4n) is 2.44. The average molecular weight is 379 g/mol. The monoisotopic (exact) mass is 378 g/mol. The van der Waals surface area contributed by atoms with E-state index in [1.807, 2.05) is 12.2 Å². The van der Waals surface area contributed by atoms with Gasteiger partial charge in [0.05, 0.1) is 5.69 Å². The van der Waals surface area contributed by atoms with E-state index in [9.17, 15) is 5.11 Å². The molecule has 1 aliphatic carbocycles. The van der Waals surface area contributed by atoms with Crippen LogP contribution in [0, 0.1) is 5.92 Å². The molecule has 3 rings (SSSR count). The van der Waals surface area contributed by atoms with Crippen molar-refractivity contribution in [2.24, 2.45) is 16.1 Å². The van der Waals surface area contributed by atoms with Gasteiger partial charge in [-0.05, 0) is 30.7 Å². The minimum Gasteiger partial charge on any atom is -0.396 e. The maximum absolute atomic E-state index is 9.23.